The zero-order valence-corrected chi connectivity index (χ0v) is 14.8. The molecule has 0 fully saturated rings. The summed E-state index contributed by atoms with van der Waals surface area (Å²) in [5.41, 5.74) is 0.460. The lowest BCUT2D eigenvalue weighted by Gasteiger charge is -2.09. The first-order valence-corrected chi connectivity index (χ1v) is 8.08. The van der Waals surface area contributed by atoms with E-state index in [1.165, 1.54) is 0 Å². The molecule has 0 spiro atoms. The van der Waals surface area contributed by atoms with Crippen molar-refractivity contribution in [1.29, 1.82) is 0 Å². The number of carbonyl (C=O) groups is 2. The third kappa shape index (κ3) is 6.01. The lowest BCUT2D eigenvalue weighted by atomic mass is 10.2. The topological polar surface area (TPSA) is 85.9 Å². The fourth-order valence-electron chi connectivity index (χ4n) is 2.10. The van der Waals surface area contributed by atoms with Crippen LogP contribution in [0.5, 0.6) is 17.2 Å². The first kappa shape index (κ1) is 19.1. The lowest BCUT2D eigenvalue weighted by molar-refractivity contribution is -0.120. The number of benzene rings is 2. The van der Waals surface area contributed by atoms with E-state index in [2.05, 4.69) is 10.6 Å². The van der Waals surface area contributed by atoms with E-state index in [0.717, 1.165) is 5.75 Å². The number of amides is 2. The van der Waals surface area contributed by atoms with Gasteiger partial charge in [-0.25, -0.2) is 0 Å². The average molecular weight is 358 g/mol. The van der Waals surface area contributed by atoms with Crippen LogP contribution in [0.1, 0.15) is 10.4 Å². The molecule has 2 rings (SSSR count). The number of rotatable bonds is 9. The molecule has 0 bridgehead atoms. The molecule has 7 nitrogen and oxygen atoms in total. The Kier molecular flexibility index (Phi) is 7.30. The molecule has 0 aliphatic carbocycles. The largest absolute Gasteiger partial charge is 0.497 e. The zero-order chi connectivity index (χ0) is 18.8. The van der Waals surface area contributed by atoms with E-state index in [-0.39, 0.29) is 18.4 Å². The summed E-state index contributed by atoms with van der Waals surface area (Å²) >= 11 is 0. The Labute approximate surface area is 152 Å². The van der Waals surface area contributed by atoms with E-state index in [1.807, 2.05) is 0 Å². The summed E-state index contributed by atoms with van der Waals surface area (Å²) in [7, 11) is 3.15. The Morgan fingerprint density at radius 1 is 0.808 bits per heavy atom. The van der Waals surface area contributed by atoms with Crippen LogP contribution < -0.4 is 24.8 Å². The van der Waals surface area contributed by atoms with Crippen LogP contribution in [0.4, 0.5) is 0 Å². The number of nitrogens with one attached hydrogen (secondary N) is 2. The van der Waals surface area contributed by atoms with Gasteiger partial charge in [0.15, 0.2) is 0 Å². The molecule has 0 aliphatic heterocycles. The van der Waals surface area contributed by atoms with Gasteiger partial charge in [0, 0.05) is 5.56 Å². The highest BCUT2D eigenvalue weighted by Crippen LogP contribution is 2.16. The van der Waals surface area contributed by atoms with E-state index in [9.17, 15) is 9.59 Å². The Morgan fingerprint density at radius 2 is 1.35 bits per heavy atom. The molecular weight excluding hydrogens is 336 g/mol. The quantitative estimate of drug-likeness (QED) is 0.666. The molecule has 0 atom stereocenters. The number of methoxy groups -OCH3 is 2. The van der Waals surface area contributed by atoms with Gasteiger partial charge in [-0.3, -0.25) is 9.59 Å². The van der Waals surface area contributed by atoms with Crippen molar-refractivity contribution in [1.82, 2.24) is 10.6 Å². The Morgan fingerprint density at radius 3 is 1.92 bits per heavy atom. The van der Waals surface area contributed by atoms with Crippen LogP contribution in [-0.4, -0.2) is 45.7 Å². The van der Waals surface area contributed by atoms with E-state index < -0.39 is 0 Å². The molecule has 2 aromatic carbocycles. The Hall–Kier alpha value is -3.22. The Balaban J connectivity index is 1.64. The predicted molar refractivity (Wildman–Crippen MR) is 96.8 cm³/mol. The zero-order valence-electron chi connectivity index (χ0n) is 14.8. The minimum atomic E-state index is -0.322. The van der Waals surface area contributed by atoms with Gasteiger partial charge in [-0.05, 0) is 48.5 Å². The summed E-state index contributed by atoms with van der Waals surface area (Å²) in [6, 6.07) is 13.8. The molecule has 26 heavy (non-hydrogen) atoms. The van der Waals surface area contributed by atoms with Gasteiger partial charge >= 0.3 is 0 Å². The second kappa shape index (κ2) is 9.93. The third-order valence-corrected chi connectivity index (χ3v) is 3.51. The first-order chi connectivity index (χ1) is 12.6. The number of hydrogen-bond donors (Lipinski definition) is 2. The number of ether oxygens (including phenoxy) is 3. The smallest absolute Gasteiger partial charge is 0.251 e. The average Bonchev–Trinajstić information content (AvgIpc) is 2.70. The minimum absolute atomic E-state index is 0.104. The van der Waals surface area contributed by atoms with Crippen molar-refractivity contribution in [3.05, 3.63) is 54.1 Å². The van der Waals surface area contributed by atoms with Gasteiger partial charge in [0.05, 0.1) is 27.3 Å². The summed E-state index contributed by atoms with van der Waals surface area (Å²) < 4.78 is 15.6. The fourth-order valence-corrected chi connectivity index (χ4v) is 2.10. The third-order valence-electron chi connectivity index (χ3n) is 3.51. The SMILES string of the molecule is COc1ccc(OCCNC(=O)CNC(=O)c2ccc(OC)cc2)cc1. The maximum absolute atomic E-state index is 11.9. The van der Waals surface area contributed by atoms with Crippen molar-refractivity contribution in [3.63, 3.8) is 0 Å². The van der Waals surface area contributed by atoms with Crippen molar-refractivity contribution in [2.24, 2.45) is 0 Å². The van der Waals surface area contributed by atoms with Crippen LogP contribution in [0.15, 0.2) is 48.5 Å². The maximum Gasteiger partial charge on any atom is 0.251 e. The summed E-state index contributed by atoms with van der Waals surface area (Å²) in [5.74, 6) is 1.49. The van der Waals surface area contributed by atoms with Crippen LogP contribution in [0.3, 0.4) is 0 Å². The van der Waals surface area contributed by atoms with Crippen molar-refractivity contribution in [2.75, 3.05) is 33.9 Å². The van der Waals surface area contributed by atoms with Gasteiger partial charge < -0.3 is 24.8 Å². The molecule has 0 saturated heterocycles. The molecule has 2 amide bonds. The molecule has 0 aliphatic rings. The highest BCUT2D eigenvalue weighted by atomic mass is 16.5. The standard InChI is InChI=1S/C19H22N2O5/c1-24-15-5-3-14(4-6-15)19(23)21-13-18(22)20-11-12-26-17-9-7-16(25-2)8-10-17/h3-10H,11-13H2,1-2H3,(H,20,22)(H,21,23). The van der Waals surface area contributed by atoms with Crippen LogP contribution in [0.2, 0.25) is 0 Å². The van der Waals surface area contributed by atoms with Crippen LogP contribution in [-0.2, 0) is 4.79 Å². The summed E-state index contributed by atoms with van der Waals surface area (Å²) in [4.78, 5) is 23.7. The van der Waals surface area contributed by atoms with E-state index in [1.54, 1.807) is 62.8 Å². The molecule has 7 heteroatoms. The highest BCUT2D eigenvalue weighted by molar-refractivity contribution is 5.96. The fraction of sp³-hybridized carbons (Fsp3) is 0.263. The molecule has 2 aromatic rings. The summed E-state index contributed by atoms with van der Waals surface area (Å²) in [6.45, 7) is 0.557. The molecule has 0 heterocycles. The van der Waals surface area contributed by atoms with Crippen molar-refractivity contribution < 1.29 is 23.8 Å². The van der Waals surface area contributed by atoms with E-state index >= 15 is 0 Å². The summed E-state index contributed by atoms with van der Waals surface area (Å²) in [6.07, 6.45) is 0. The highest BCUT2D eigenvalue weighted by Gasteiger charge is 2.08. The lowest BCUT2D eigenvalue weighted by Crippen LogP contribution is -2.38. The maximum atomic E-state index is 11.9. The van der Waals surface area contributed by atoms with Crippen LogP contribution >= 0.6 is 0 Å². The number of carbonyl (C=O) groups excluding carboxylic acids is 2. The molecule has 0 radical (unpaired) electrons. The molecule has 138 valence electrons. The molecule has 0 aromatic heterocycles. The van der Waals surface area contributed by atoms with Crippen molar-refractivity contribution in [2.45, 2.75) is 0 Å². The molecular formula is C19H22N2O5. The molecule has 2 N–H and O–H groups in total. The predicted octanol–water partition coefficient (Wildman–Crippen LogP) is 1.63. The normalized spacial score (nSPS) is 9.92. The van der Waals surface area contributed by atoms with Gasteiger partial charge in [-0.2, -0.15) is 0 Å². The summed E-state index contributed by atoms with van der Waals surface area (Å²) in [5, 5.41) is 5.24. The number of hydrogen-bond acceptors (Lipinski definition) is 5. The van der Waals surface area contributed by atoms with Crippen LogP contribution in [0, 0.1) is 0 Å². The van der Waals surface area contributed by atoms with Gasteiger partial charge in [-0.15, -0.1) is 0 Å². The van der Waals surface area contributed by atoms with Gasteiger partial charge in [-0.1, -0.05) is 0 Å². The van der Waals surface area contributed by atoms with Crippen molar-refractivity contribution >= 4 is 11.8 Å². The van der Waals surface area contributed by atoms with Gasteiger partial charge in [0.25, 0.3) is 5.91 Å². The minimum Gasteiger partial charge on any atom is -0.497 e. The monoisotopic (exact) mass is 358 g/mol. The van der Waals surface area contributed by atoms with Crippen LogP contribution in [0.25, 0.3) is 0 Å². The molecule has 0 saturated carbocycles. The van der Waals surface area contributed by atoms with Crippen molar-refractivity contribution in [3.8, 4) is 17.2 Å². The molecule has 0 unspecified atom stereocenters. The second-order valence-corrected chi connectivity index (χ2v) is 5.29. The van der Waals surface area contributed by atoms with E-state index in [4.69, 9.17) is 14.2 Å². The van der Waals surface area contributed by atoms with E-state index in [0.29, 0.717) is 30.2 Å². The van der Waals surface area contributed by atoms with Gasteiger partial charge in [0.1, 0.15) is 23.9 Å². The first-order valence-electron chi connectivity index (χ1n) is 8.08. The van der Waals surface area contributed by atoms with Gasteiger partial charge in [0.2, 0.25) is 5.91 Å². The Bertz CT molecular complexity index is 714. The second-order valence-electron chi connectivity index (χ2n) is 5.29.